The zero-order valence-electron chi connectivity index (χ0n) is 15.0. The van der Waals surface area contributed by atoms with Crippen molar-refractivity contribution in [2.45, 2.75) is 13.2 Å². The van der Waals surface area contributed by atoms with E-state index in [9.17, 15) is 9.90 Å². The van der Waals surface area contributed by atoms with Crippen LogP contribution in [0.1, 0.15) is 27.4 Å². The first-order chi connectivity index (χ1) is 14.2. The van der Waals surface area contributed by atoms with E-state index in [4.69, 9.17) is 38.9 Å². The van der Waals surface area contributed by atoms with Gasteiger partial charge in [0.1, 0.15) is 28.5 Å². The van der Waals surface area contributed by atoms with E-state index in [-0.39, 0.29) is 55.3 Å². The summed E-state index contributed by atoms with van der Waals surface area (Å²) >= 11 is 15.2. The van der Waals surface area contributed by atoms with E-state index in [0.717, 1.165) is 0 Å². The summed E-state index contributed by atoms with van der Waals surface area (Å²) in [5.41, 5.74) is 5.68. The highest BCUT2D eigenvalue weighted by Gasteiger charge is 2.22. The number of carbonyl (C=O) groups is 1. The minimum atomic E-state index is -0.803. The Bertz CT molecular complexity index is 1190. The van der Waals surface area contributed by atoms with Gasteiger partial charge in [0.15, 0.2) is 11.6 Å². The van der Waals surface area contributed by atoms with Crippen molar-refractivity contribution < 1.29 is 19.0 Å². The smallest absolute Gasteiger partial charge is 0.268 e. The van der Waals surface area contributed by atoms with Gasteiger partial charge < -0.3 is 20.1 Å². The molecule has 0 unspecified atom stereocenters. The molecule has 0 aliphatic carbocycles. The van der Waals surface area contributed by atoms with Crippen LogP contribution in [0.3, 0.4) is 0 Å². The van der Waals surface area contributed by atoms with Crippen LogP contribution in [0.15, 0.2) is 34.9 Å². The molecule has 0 fully saturated rings. The Morgan fingerprint density at radius 1 is 1.37 bits per heavy atom. The third-order valence-corrected chi connectivity index (χ3v) is 5.13. The molecular weight excluding hydrogens is 502 g/mol. The normalized spacial score (nSPS) is 10.7. The number of ether oxygens (including phenoxy) is 1. The Hall–Kier alpha value is -2.64. The molecule has 154 valence electrons. The zero-order chi connectivity index (χ0) is 22.0. The molecule has 0 saturated heterocycles. The first-order valence-electron chi connectivity index (χ1n) is 8.26. The van der Waals surface area contributed by atoms with Gasteiger partial charge in [-0.1, -0.05) is 29.3 Å². The van der Waals surface area contributed by atoms with Gasteiger partial charge in [0.05, 0.1) is 23.2 Å². The van der Waals surface area contributed by atoms with Crippen LogP contribution in [-0.2, 0) is 13.2 Å². The van der Waals surface area contributed by atoms with Gasteiger partial charge in [0.25, 0.3) is 5.91 Å². The summed E-state index contributed by atoms with van der Waals surface area (Å²) in [6.45, 7) is -0.672. The standard InChI is InChI=1S/C19H12BrCl2FN4O3/c20-18-16(19(25)29)27(14(8-28)26-18)7-10-1-2-13(22)17(15(10)23)30-12-4-9(6-24)3-11(21)5-12/h1-5,28H,7-8H2,(H2,25,29). The Morgan fingerprint density at radius 2 is 2.10 bits per heavy atom. The molecule has 7 nitrogen and oxygen atoms in total. The number of nitrogens with two attached hydrogens (primary N) is 1. The van der Waals surface area contributed by atoms with Crippen LogP contribution >= 0.6 is 39.1 Å². The van der Waals surface area contributed by atoms with Gasteiger partial charge in [-0.25, -0.2) is 9.37 Å². The highest BCUT2D eigenvalue weighted by molar-refractivity contribution is 9.10. The molecule has 0 radical (unpaired) electrons. The molecule has 2 aromatic carbocycles. The van der Waals surface area contributed by atoms with Gasteiger partial charge in [-0.05, 0) is 40.2 Å². The fraction of sp³-hybridized carbons (Fsp3) is 0.105. The van der Waals surface area contributed by atoms with E-state index < -0.39 is 18.3 Å². The Kier molecular flexibility index (Phi) is 6.63. The van der Waals surface area contributed by atoms with Crippen molar-refractivity contribution in [3.8, 4) is 17.6 Å². The van der Waals surface area contributed by atoms with Gasteiger partial charge in [-0.3, -0.25) is 4.79 Å². The summed E-state index contributed by atoms with van der Waals surface area (Å²) in [6, 6.07) is 8.97. The van der Waals surface area contributed by atoms with Crippen molar-refractivity contribution in [1.29, 1.82) is 5.26 Å². The summed E-state index contributed by atoms with van der Waals surface area (Å²) < 4.78 is 22.2. The number of nitriles is 1. The molecule has 0 aliphatic heterocycles. The number of hydrogen-bond donors (Lipinski definition) is 2. The average molecular weight is 514 g/mol. The van der Waals surface area contributed by atoms with E-state index in [2.05, 4.69) is 20.9 Å². The minimum absolute atomic E-state index is 0.0148. The maximum absolute atomic E-state index is 15.2. The molecular formula is C19H12BrCl2FN4O3. The predicted molar refractivity (Wildman–Crippen MR) is 111 cm³/mol. The molecule has 1 heterocycles. The maximum atomic E-state index is 15.2. The largest absolute Gasteiger partial charge is 0.453 e. The van der Waals surface area contributed by atoms with Crippen LogP contribution in [0.2, 0.25) is 10.0 Å². The molecule has 3 aromatic rings. The molecule has 30 heavy (non-hydrogen) atoms. The molecule has 11 heteroatoms. The van der Waals surface area contributed by atoms with Crippen LogP contribution in [-0.4, -0.2) is 20.6 Å². The summed E-state index contributed by atoms with van der Waals surface area (Å²) in [6.07, 6.45) is 0. The van der Waals surface area contributed by atoms with E-state index >= 15 is 4.39 Å². The van der Waals surface area contributed by atoms with Crippen molar-refractivity contribution in [2.24, 2.45) is 5.73 Å². The Balaban J connectivity index is 2.04. The lowest BCUT2D eigenvalue weighted by molar-refractivity contribution is 0.0990. The molecule has 3 N–H and O–H groups in total. The van der Waals surface area contributed by atoms with Crippen molar-refractivity contribution >= 4 is 45.0 Å². The lowest BCUT2D eigenvalue weighted by atomic mass is 10.2. The third kappa shape index (κ3) is 4.42. The number of nitrogens with zero attached hydrogens (tertiary/aromatic N) is 3. The predicted octanol–water partition coefficient (Wildman–Crippen LogP) is 4.39. The van der Waals surface area contributed by atoms with Gasteiger partial charge in [-0.15, -0.1) is 0 Å². The number of aromatic nitrogens is 2. The minimum Gasteiger partial charge on any atom is -0.453 e. The average Bonchev–Trinajstić information content (AvgIpc) is 3.02. The summed E-state index contributed by atoms with van der Waals surface area (Å²) in [7, 11) is 0. The van der Waals surface area contributed by atoms with Crippen molar-refractivity contribution in [1.82, 2.24) is 9.55 Å². The van der Waals surface area contributed by atoms with Gasteiger partial charge in [0, 0.05) is 10.6 Å². The van der Waals surface area contributed by atoms with Crippen LogP contribution < -0.4 is 10.5 Å². The Labute approximate surface area is 188 Å². The van der Waals surface area contributed by atoms with Gasteiger partial charge in [0.2, 0.25) is 0 Å². The van der Waals surface area contributed by atoms with E-state index in [0.29, 0.717) is 0 Å². The topological polar surface area (TPSA) is 114 Å². The SMILES string of the molecule is N#Cc1cc(Cl)cc(Oc2c(Cl)ccc(Cn3c(CO)nc(Br)c3C(N)=O)c2F)c1. The third-order valence-electron chi connectivity index (χ3n) is 4.06. The van der Waals surface area contributed by atoms with Crippen molar-refractivity contribution in [2.75, 3.05) is 0 Å². The van der Waals surface area contributed by atoms with E-state index in [1.165, 1.54) is 34.9 Å². The number of amides is 1. The molecule has 0 aliphatic rings. The second-order valence-corrected chi connectivity index (χ2v) is 7.61. The second kappa shape index (κ2) is 9.02. The summed E-state index contributed by atoms with van der Waals surface area (Å²) in [5.74, 6) is -1.66. The molecule has 1 amide bonds. The first-order valence-corrected chi connectivity index (χ1v) is 9.81. The number of halogens is 4. The number of carbonyl (C=O) groups excluding carboxylic acids is 1. The summed E-state index contributed by atoms with van der Waals surface area (Å²) in [4.78, 5) is 15.8. The number of primary amides is 1. The fourth-order valence-electron chi connectivity index (χ4n) is 2.76. The second-order valence-electron chi connectivity index (χ2n) is 6.02. The van der Waals surface area contributed by atoms with Crippen molar-refractivity contribution in [3.05, 3.63) is 73.4 Å². The number of aliphatic hydroxyl groups excluding tert-OH is 1. The molecule has 0 saturated carbocycles. The molecule has 0 spiro atoms. The van der Waals surface area contributed by atoms with E-state index in [1.54, 1.807) is 0 Å². The van der Waals surface area contributed by atoms with Crippen LogP contribution in [0.4, 0.5) is 4.39 Å². The number of rotatable bonds is 6. The number of aliphatic hydroxyl groups is 1. The van der Waals surface area contributed by atoms with Crippen LogP contribution in [0, 0.1) is 17.1 Å². The molecule has 1 aromatic heterocycles. The summed E-state index contributed by atoms with van der Waals surface area (Å²) in [5, 5.41) is 18.8. The lowest BCUT2D eigenvalue weighted by Crippen LogP contribution is -2.19. The first kappa shape index (κ1) is 22.1. The maximum Gasteiger partial charge on any atom is 0.268 e. The fourth-order valence-corrected chi connectivity index (χ4v) is 3.78. The monoisotopic (exact) mass is 512 g/mol. The molecule has 3 rings (SSSR count). The van der Waals surface area contributed by atoms with Crippen molar-refractivity contribution in [3.63, 3.8) is 0 Å². The Morgan fingerprint density at radius 3 is 2.73 bits per heavy atom. The number of benzene rings is 2. The highest BCUT2D eigenvalue weighted by Crippen LogP contribution is 2.36. The van der Waals surface area contributed by atoms with Gasteiger partial charge >= 0.3 is 0 Å². The number of hydrogen-bond acceptors (Lipinski definition) is 5. The highest BCUT2D eigenvalue weighted by atomic mass is 79.9. The number of imidazole rings is 1. The molecule has 0 atom stereocenters. The van der Waals surface area contributed by atoms with E-state index in [1.807, 2.05) is 6.07 Å². The van der Waals surface area contributed by atoms with Crippen LogP contribution in [0.5, 0.6) is 11.5 Å². The van der Waals surface area contributed by atoms with Gasteiger partial charge in [-0.2, -0.15) is 5.26 Å². The molecule has 0 bridgehead atoms. The quantitative estimate of drug-likeness (QED) is 0.507. The van der Waals surface area contributed by atoms with Crippen LogP contribution in [0.25, 0.3) is 0 Å². The lowest BCUT2D eigenvalue weighted by Gasteiger charge is -2.14. The zero-order valence-corrected chi connectivity index (χ0v) is 18.1.